The molecule has 0 aliphatic heterocycles. The summed E-state index contributed by atoms with van der Waals surface area (Å²) in [5, 5.41) is 2.86. The minimum absolute atomic E-state index is 0.0436. The van der Waals surface area contributed by atoms with Crippen LogP contribution in [0.4, 0.5) is 13.2 Å². The first-order valence-electron chi connectivity index (χ1n) is 25.7. The third kappa shape index (κ3) is 26.5. The highest BCUT2D eigenvalue weighted by atomic mass is 19.4. The molecule has 0 radical (unpaired) electrons. The van der Waals surface area contributed by atoms with Crippen LogP contribution in [0.1, 0.15) is 141 Å². The summed E-state index contributed by atoms with van der Waals surface area (Å²) in [6, 6.07) is 14.1. The summed E-state index contributed by atoms with van der Waals surface area (Å²) < 4.78 is 69.0. The lowest BCUT2D eigenvalue weighted by molar-refractivity contribution is -0.181. The van der Waals surface area contributed by atoms with E-state index in [9.17, 15) is 41.9 Å². The Balaban J connectivity index is 0.000000754. The van der Waals surface area contributed by atoms with Crippen molar-refractivity contribution in [3.05, 3.63) is 94.8 Å². The zero-order valence-electron chi connectivity index (χ0n) is 45.3. The molecule has 15 nitrogen and oxygen atoms in total. The summed E-state index contributed by atoms with van der Waals surface area (Å²) >= 11 is 0. The highest BCUT2D eigenvalue weighted by molar-refractivity contribution is 6.09. The van der Waals surface area contributed by atoms with Crippen molar-refractivity contribution in [1.82, 2.24) is 15.2 Å². The molecule has 1 N–H and O–H groups in total. The van der Waals surface area contributed by atoms with Crippen molar-refractivity contribution in [2.45, 2.75) is 112 Å². The minimum atomic E-state index is -3.93. The second kappa shape index (κ2) is 36.2. The Kier molecular flexibility index (Phi) is 31.5. The van der Waals surface area contributed by atoms with Crippen molar-refractivity contribution in [2.75, 3.05) is 80.2 Å². The number of methoxy groups -OCH3 is 1. The first-order valence-corrected chi connectivity index (χ1v) is 25.7. The van der Waals surface area contributed by atoms with Crippen LogP contribution in [0.15, 0.2) is 61.3 Å². The minimum Gasteiger partial charge on any atom is -0.495 e. The smallest absolute Gasteiger partial charge is 0.391 e. The van der Waals surface area contributed by atoms with Gasteiger partial charge in [0.05, 0.1) is 78.5 Å². The maximum absolute atomic E-state index is 12.8. The number of amides is 2. The first-order chi connectivity index (χ1) is 35.7. The zero-order chi connectivity index (χ0) is 55.8. The van der Waals surface area contributed by atoms with E-state index in [0.29, 0.717) is 126 Å². The monoisotopic (exact) mass is 1060 g/mol. The predicted molar refractivity (Wildman–Crippen MR) is 281 cm³/mol. The zero-order valence-corrected chi connectivity index (χ0v) is 45.3. The normalized spacial score (nSPS) is 12.8. The molecule has 0 spiro atoms. The fourth-order valence-electron chi connectivity index (χ4n) is 7.27. The first kappa shape index (κ1) is 65.3. The molecule has 18 heteroatoms. The molecule has 1 unspecified atom stereocenters. The van der Waals surface area contributed by atoms with Crippen LogP contribution < -0.4 is 14.8 Å². The van der Waals surface area contributed by atoms with Gasteiger partial charge in [0.1, 0.15) is 35.4 Å². The van der Waals surface area contributed by atoms with Crippen LogP contribution in [-0.2, 0) is 46.3 Å². The number of nitrogens with zero attached hydrogens (tertiary/aromatic N) is 2. The van der Waals surface area contributed by atoms with E-state index in [0.717, 1.165) is 30.4 Å². The van der Waals surface area contributed by atoms with Crippen LogP contribution in [0.5, 0.6) is 11.5 Å². The van der Waals surface area contributed by atoms with Gasteiger partial charge in [-0.2, -0.15) is 13.2 Å². The standard InChI is InChI=1S/C41H53N3O10.C9H16O2.C7H11F3/c1-7-33-25-37(42-28-38(33)49-6)41(48)43-27-32-10-8-9-31(23-32)24-39(46)44(5)13-14-50-15-16-51-17-18-52-19-20-53-21-22-54-34-11-12-35(30(4)45)36(26-34)40(47)29(2)3;1-4-9(11)6-5-7(2)8(3)10;8-7(9,10)6-4-2-1-3-5-6/h7-12,23,25-26,28-29H,1,13-22,24,27H2,2-6H3,(H,43,48);7H,4-6H2,1-3H3;6H,1-5H2. The van der Waals surface area contributed by atoms with Crippen LogP contribution in [0, 0.1) is 17.8 Å². The number of hydrogen-bond acceptors (Lipinski definition) is 13. The van der Waals surface area contributed by atoms with Gasteiger partial charge in [-0.15, -0.1) is 0 Å². The Hall–Kier alpha value is -5.82. The molecule has 0 saturated heterocycles. The molecule has 4 rings (SSSR count). The Morgan fingerprint density at radius 3 is 1.95 bits per heavy atom. The second-order valence-electron chi connectivity index (χ2n) is 18.4. The fraction of sp³-hybridized carbons (Fsp3) is 0.561. The van der Waals surface area contributed by atoms with Gasteiger partial charge >= 0.3 is 6.18 Å². The van der Waals surface area contributed by atoms with Crippen molar-refractivity contribution in [3.8, 4) is 11.5 Å². The Labute approximate surface area is 441 Å². The SMILES string of the molecule is C=Cc1cc(C(=O)NCc2cccc(CC(=O)N(C)CCOCCOCCOCCOCCOc3ccc(C(C)=O)c(C(=O)C(C)C)c3)c2)ncc1OC.CCC(=O)CCC(C)C(C)=O.FC(F)(F)C1CCCCC1. The molecule has 1 aliphatic carbocycles. The van der Waals surface area contributed by atoms with E-state index in [1.54, 1.807) is 63.1 Å². The molecule has 1 heterocycles. The number of carbonyl (C=O) groups excluding carboxylic acids is 6. The third-order valence-corrected chi connectivity index (χ3v) is 12.2. The molecule has 3 aromatic rings. The molecule has 0 bridgehead atoms. The molecular weight excluding hydrogens is 976 g/mol. The van der Waals surface area contributed by atoms with Gasteiger partial charge in [-0.05, 0) is 68.5 Å². The van der Waals surface area contributed by atoms with Crippen molar-refractivity contribution in [2.24, 2.45) is 17.8 Å². The molecule has 1 aliphatic rings. The van der Waals surface area contributed by atoms with Gasteiger partial charge in [-0.25, -0.2) is 4.98 Å². The van der Waals surface area contributed by atoms with E-state index >= 15 is 0 Å². The molecule has 1 atom stereocenters. The highest BCUT2D eigenvalue weighted by Crippen LogP contribution is 2.37. The molecule has 1 aromatic heterocycles. The van der Waals surface area contributed by atoms with Gasteiger partial charge in [0.25, 0.3) is 5.91 Å². The highest BCUT2D eigenvalue weighted by Gasteiger charge is 2.39. The number of likely N-dealkylation sites (N-methyl/N-ethyl adjacent to an activating group) is 1. The number of benzene rings is 2. The number of hydrogen-bond donors (Lipinski definition) is 1. The molecule has 2 aromatic carbocycles. The summed E-state index contributed by atoms with van der Waals surface area (Å²) in [6.45, 7) is 18.2. The lowest BCUT2D eigenvalue weighted by atomic mass is 9.89. The number of carbonyl (C=O) groups is 6. The number of nitrogens with one attached hydrogen (secondary N) is 1. The van der Waals surface area contributed by atoms with Gasteiger partial charge in [-0.3, -0.25) is 28.8 Å². The summed E-state index contributed by atoms with van der Waals surface area (Å²) in [6.07, 6.45) is 4.43. The van der Waals surface area contributed by atoms with Crippen molar-refractivity contribution in [3.63, 3.8) is 0 Å². The van der Waals surface area contributed by atoms with E-state index in [2.05, 4.69) is 16.9 Å². The average Bonchev–Trinajstić information content (AvgIpc) is 3.40. The molecule has 2 amide bonds. The van der Waals surface area contributed by atoms with Gasteiger partial charge < -0.3 is 38.6 Å². The van der Waals surface area contributed by atoms with E-state index in [1.165, 1.54) is 20.2 Å². The number of pyridine rings is 1. The number of halogens is 3. The van der Waals surface area contributed by atoms with Crippen LogP contribution in [0.3, 0.4) is 0 Å². The topological polar surface area (TPSA) is 186 Å². The van der Waals surface area contributed by atoms with Crippen LogP contribution >= 0.6 is 0 Å². The van der Waals surface area contributed by atoms with Crippen LogP contribution in [0.25, 0.3) is 6.08 Å². The summed E-state index contributed by atoms with van der Waals surface area (Å²) in [7, 11) is 3.27. The van der Waals surface area contributed by atoms with E-state index < -0.39 is 12.1 Å². The van der Waals surface area contributed by atoms with Crippen molar-refractivity contribution in [1.29, 1.82) is 0 Å². The summed E-state index contributed by atoms with van der Waals surface area (Å²) in [5.74, 6) is -0.334. The quantitative estimate of drug-likeness (QED) is 0.0475. The summed E-state index contributed by atoms with van der Waals surface area (Å²) in [4.78, 5) is 77.2. The van der Waals surface area contributed by atoms with Gasteiger partial charge in [0.15, 0.2) is 11.6 Å². The van der Waals surface area contributed by atoms with E-state index in [1.807, 2.05) is 38.1 Å². The van der Waals surface area contributed by atoms with Gasteiger partial charge in [-0.1, -0.05) is 83.9 Å². The average molecular weight is 1060 g/mol. The van der Waals surface area contributed by atoms with Crippen LogP contribution in [-0.4, -0.2) is 131 Å². The number of Topliss-reactive ketones (excluding diaryl/α,β-unsaturated/α-hetero) is 4. The predicted octanol–water partition coefficient (Wildman–Crippen LogP) is 9.95. The molecule has 1 saturated carbocycles. The fourth-order valence-corrected chi connectivity index (χ4v) is 7.27. The largest absolute Gasteiger partial charge is 0.495 e. The number of ketones is 4. The Bertz CT molecular complexity index is 2250. The number of ether oxygens (including phenoxy) is 6. The Morgan fingerprint density at radius 1 is 0.813 bits per heavy atom. The molecule has 1 fully saturated rings. The maximum Gasteiger partial charge on any atom is 0.391 e. The van der Waals surface area contributed by atoms with Crippen molar-refractivity contribution < 1.29 is 70.4 Å². The number of rotatable bonds is 31. The number of alkyl halides is 3. The van der Waals surface area contributed by atoms with Gasteiger partial charge in [0, 0.05) is 61.5 Å². The molecular formula is C57H80F3N3O12. The van der Waals surface area contributed by atoms with Gasteiger partial charge in [0.2, 0.25) is 5.91 Å². The van der Waals surface area contributed by atoms with E-state index in [4.69, 9.17) is 28.4 Å². The lowest BCUT2D eigenvalue weighted by Crippen LogP contribution is -2.31. The van der Waals surface area contributed by atoms with Crippen molar-refractivity contribution >= 4 is 41.0 Å². The third-order valence-electron chi connectivity index (χ3n) is 12.2. The second-order valence-corrected chi connectivity index (χ2v) is 18.4. The maximum atomic E-state index is 12.8. The van der Waals surface area contributed by atoms with E-state index in [-0.39, 0.29) is 65.4 Å². The van der Waals surface area contributed by atoms with Crippen LogP contribution in [0.2, 0.25) is 0 Å². The lowest BCUT2D eigenvalue weighted by Gasteiger charge is -2.23. The Morgan fingerprint density at radius 2 is 1.41 bits per heavy atom. The number of aromatic nitrogens is 1. The summed E-state index contributed by atoms with van der Waals surface area (Å²) in [5.41, 5.74) is 3.42. The molecule has 416 valence electrons. The molecule has 75 heavy (non-hydrogen) atoms.